The van der Waals surface area contributed by atoms with Crippen LogP contribution in [0.5, 0.6) is 0 Å². The Balaban J connectivity index is 2.51. The summed E-state index contributed by atoms with van der Waals surface area (Å²) in [5.74, 6) is -1.73. The summed E-state index contributed by atoms with van der Waals surface area (Å²) in [6.45, 7) is 3.29. The van der Waals surface area contributed by atoms with E-state index in [1.165, 1.54) is 12.1 Å². The number of carbonyl (C=O) groups is 2. The molecule has 0 atom stereocenters. The van der Waals surface area contributed by atoms with Crippen molar-refractivity contribution in [1.82, 2.24) is 5.32 Å². The number of ether oxygens (including phenoxy) is 1. The first-order valence-electron chi connectivity index (χ1n) is 6.18. The minimum Gasteiger partial charge on any atom is -0.480 e. The molecule has 0 aromatic heterocycles. The number of nitrogens with one attached hydrogen (secondary N) is 1. The van der Waals surface area contributed by atoms with Gasteiger partial charge in [0.05, 0.1) is 12.0 Å². The van der Waals surface area contributed by atoms with Crippen molar-refractivity contribution in [2.24, 2.45) is 0 Å². The van der Waals surface area contributed by atoms with Gasteiger partial charge < -0.3 is 15.2 Å². The summed E-state index contributed by atoms with van der Waals surface area (Å²) in [7, 11) is 0. The van der Waals surface area contributed by atoms with Crippen molar-refractivity contribution in [3.8, 4) is 0 Å². The van der Waals surface area contributed by atoms with Gasteiger partial charge in [0, 0.05) is 6.54 Å². The second kappa shape index (κ2) is 7.00. The zero-order valence-corrected chi connectivity index (χ0v) is 11.5. The topological polar surface area (TPSA) is 75.6 Å². The Bertz CT molecular complexity index is 488. The van der Waals surface area contributed by atoms with Gasteiger partial charge >= 0.3 is 5.97 Å². The molecule has 0 bridgehead atoms. The lowest BCUT2D eigenvalue weighted by Gasteiger charge is -2.24. The Morgan fingerprint density at radius 1 is 1.40 bits per heavy atom. The van der Waals surface area contributed by atoms with E-state index in [-0.39, 0.29) is 19.1 Å². The summed E-state index contributed by atoms with van der Waals surface area (Å²) in [6, 6.07) is 5.87. The van der Waals surface area contributed by atoms with Crippen LogP contribution in [0.1, 0.15) is 19.4 Å². The van der Waals surface area contributed by atoms with E-state index in [2.05, 4.69) is 5.32 Å². The first kappa shape index (κ1) is 16.1. The summed E-state index contributed by atoms with van der Waals surface area (Å²) in [4.78, 5) is 22.3. The fourth-order valence-electron chi connectivity index (χ4n) is 1.63. The maximum absolute atomic E-state index is 13.2. The van der Waals surface area contributed by atoms with Gasteiger partial charge in [-0.1, -0.05) is 12.1 Å². The highest BCUT2D eigenvalue weighted by molar-refractivity contribution is 5.87. The number of hydrogen-bond donors (Lipinski definition) is 2. The summed E-state index contributed by atoms with van der Waals surface area (Å²) in [6.07, 6.45) is 0. The van der Waals surface area contributed by atoms with Crippen LogP contribution in [0.4, 0.5) is 4.39 Å². The monoisotopic (exact) mass is 283 g/mol. The molecule has 1 aromatic rings. The largest absolute Gasteiger partial charge is 0.480 e. The van der Waals surface area contributed by atoms with Crippen molar-refractivity contribution in [3.05, 3.63) is 35.6 Å². The van der Waals surface area contributed by atoms with Crippen molar-refractivity contribution in [2.75, 3.05) is 19.8 Å². The lowest BCUT2D eigenvalue weighted by Crippen LogP contribution is -2.41. The van der Waals surface area contributed by atoms with Crippen molar-refractivity contribution in [3.63, 3.8) is 0 Å². The fraction of sp³-hybridized carbons (Fsp3) is 0.429. The minimum atomic E-state index is -1.06. The Labute approximate surface area is 116 Å². The minimum absolute atomic E-state index is 0.108. The molecular formula is C14H18FNO4. The molecule has 0 unspecified atom stereocenters. The van der Waals surface area contributed by atoms with Crippen LogP contribution in [-0.4, -0.2) is 36.7 Å². The Hall–Kier alpha value is -1.95. The van der Waals surface area contributed by atoms with E-state index >= 15 is 0 Å². The molecule has 0 heterocycles. The molecule has 20 heavy (non-hydrogen) atoms. The van der Waals surface area contributed by atoms with Crippen LogP contribution in [0.3, 0.4) is 0 Å². The second-order valence-corrected chi connectivity index (χ2v) is 4.84. The predicted molar refractivity (Wildman–Crippen MR) is 70.9 cm³/mol. The molecule has 110 valence electrons. The van der Waals surface area contributed by atoms with E-state index < -0.39 is 23.8 Å². The summed E-state index contributed by atoms with van der Waals surface area (Å²) in [5, 5.41) is 11.0. The van der Waals surface area contributed by atoms with E-state index in [0.29, 0.717) is 5.56 Å². The number of halogens is 1. The predicted octanol–water partition coefficient (Wildman–Crippen LogP) is 1.32. The molecule has 1 aromatic carbocycles. The third-order valence-corrected chi connectivity index (χ3v) is 2.87. The maximum Gasteiger partial charge on any atom is 0.329 e. The molecule has 0 spiro atoms. The number of rotatable bonds is 7. The van der Waals surface area contributed by atoms with E-state index in [9.17, 15) is 14.0 Å². The van der Waals surface area contributed by atoms with Crippen molar-refractivity contribution in [1.29, 1.82) is 0 Å². The Morgan fingerprint density at radius 3 is 2.70 bits per heavy atom. The number of amides is 1. The fourth-order valence-corrected chi connectivity index (χ4v) is 1.63. The highest BCUT2D eigenvalue weighted by Gasteiger charge is 2.29. The van der Waals surface area contributed by atoms with Gasteiger partial charge in [-0.3, -0.25) is 4.79 Å². The molecule has 0 aliphatic rings. The van der Waals surface area contributed by atoms with Gasteiger partial charge in [0.25, 0.3) is 0 Å². The van der Waals surface area contributed by atoms with Crippen LogP contribution in [0, 0.1) is 5.82 Å². The number of benzene rings is 1. The molecule has 0 aliphatic heterocycles. The molecule has 0 radical (unpaired) electrons. The Morgan fingerprint density at radius 2 is 2.10 bits per heavy atom. The van der Waals surface area contributed by atoms with E-state index in [0.717, 1.165) is 0 Å². The zero-order chi connectivity index (χ0) is 15.2. The molecule has 1 rings (SSSR count). The van der Waals surface area contributed by atoms with E-state index in [4.69, 9.17) is 9.84 Å². The van der Waals surface area contributed by atoms with Crippen LogP contribution in [0.15, 0.2) is 24.3 Å². The molecule has 0 saturated heterocycles. The average Bonchev–Trinajstić information content (AvgIpc) is 2.37. The molecule has 2 N–H and O–H groups in total. The van der Waals surface area contributed by atoms with Gasteiger partial charge in [0.15, 0.2) is 0 Å². The lowest BCUT2D eigenvalue weighted by molar-refractivity contribution is -0.142. The van der Waals surface area contributed by atoms with Crippen LogP contribution in [-0.2, 0) is 19.7 Å². The first-order valence-corrected chi connectivity index (χ1v) is 6.18. The Kier molecular flexibility index (Phi) is 5.64. The lowest BCUT2D eigenvalue weighted by atomic mass is 9.83. The molecule has 0 saturated carbocycles. The molecule has 0 fully saturated rings. The number of carbonyl (C=O) groups excluding carboxylic acids is 1. The zero-order valence-electron chi connectivity index (χ0n) is 11.5. The number of carboxylic acids is 1. The van der Waals surface area contributed by atoms with Gasteiger partial charge in [-0.2, -0.15) is 0 Å². The number of aliphatic carboxylic acids is 1. The van der Waals surface area contributed by atoms with Gasteiger partial charge in [0.1, 0.15) is 12.4 Å². The van der Waals surface area contributed by atoms with Crippen molar-refractivity contribution < 1.29 is 23.8 Å². The average molecular weight is 283 g/mol. The summed E-state index contributed by atoms with van der Waals surface area (Å²) >= 11 is 0. The summed E-state index contributed by atoms with van der Waals surface area (Å²) < 4.78 is 18.0. The smallest absolute Gasteiger partial charge is 0.329 e. The number of hydrogen-bond acceptors (Lipinski definition) is 3. The van der Waals surface area contributed by atoms with Crippen LogP contribution in [0.25, 0.3) is 0 Å². The SMILES string of the molecule is CC(C)(C(=O)NCCOCC(=O)O)c1cccc(F)c1. The summed E-state index contributed by atoms with van der Waals surface area (Å²) in [5.41, 5.74) is -0.309. The van der Waals surface area contributed by atoms with E-state index in [1.54, 1.807) is 26.0 Å². The van der Waals surface area contributed by atoms with Gasteiger partial charge in [-0.25, -0.2) is 9.18 Å². The number of carboxylic acid groups (broad SMARTS) is 1. The van der Waals surface area contributed by atoms with E-state index in [1.807, 2.05) is 0 Å². The quantitative estimate of drug-likeness (QED) is 0.740. The molecule has 1 amide bonds. The van der Waals surface area contributed by atoms with Gasteiger partial charge in [-0.15, -0.1) is 0 Å². The molecule has 0 aliphatic carbocycles. The third kappa shape index (κ3) is 4.62. The molecule has 6 heteroatoms. The molecular weight excluding hydrogens is 265 g/mol. The maximum atomic E-state index is 13.2. The highest BCUT2D eigenvalue weighted by Crippen LogP contribution is 2.23. The normalized spacial score (nSPS) is 11.2. The third-order valence-electron chi connectivity index (χ3n) is 2.87. The van der Waals surface area contributed by atoms with Crippen LogP contribution in [0.2, 0.25) is 0 Å². The first-order chi connectivity index (χ1) is 9.34. The highest BCUT2D eigenvalue weighted by atomic mass is 19.1. The second-order valence-electron chi connectivity index (χ2n) is 4.84. The van der Waals surface area contributed by atoms with Gasteiger partial charge in [-0.05, 0) is 31.5 Å². The van der Waals surface area contributed by atoms with Crippen LogP contribution < -0.4 is 5.32 Å². The van der Waals surface area contributed by atoms with Crippen LogP contribution >= 0.6 is 0 Å². The van der Waals surface area contributed by atoms with Gasteiger partial charge in [0.2, 0.25) is 5.91 Å². The standard InChI is InChI=1S/C14H18FNO4/c1-14(2,10-4-3-5-11(15)8-10)13(19)16-6-7-20-9-12(17)18/h3-5,8H,6-7,9H2,1-2H3,(H,16,19)(H,17,18). The van der Waals surface area contributed by atoms with Crippen molar-refractivity contribution in [2.45, 2.75) is 19.3 Å². The molecule has 5 nitrogen and oxygen atoms in total. The van der Waals surface area contributed by atoms with Crippen molar-refractivity contribution >= 4 is 11.9 Å².